The highest BCUT2D eigenvalue weighted by molar-refractivity contribution is 8.00. The van der Waals surface area contributed by atoms with Gasteiger partial charge in [-0.05, 0) is 44.3 Å². The molecule has 18 heavy (non-hydrogen) atoms. The molecule has 0 spiro atoms. The average molecular weight is 272 g/mol. The molecule has 5 nitrogen and oxygen atoms in total. The maximum absolute atomic E-state index is 11.8. The van der Waals surface area contributed by atoms with Gasteiger partial charge in [-0.3, -0.25) is 0 Å². The van der Waals surface area contributed by atoms with E-state index in [1.807, 2.05) is 11.8 Å². The van der Waals surface area contributed by atoms with Gasteiger partial charge in [-0.1, -0.05) is 0 Å². The Bertz CT molecular complexity index is 340. The monoisotopic (exact) mass is 272 g/mol. The van der Waals surface area contributed by atoms with Crippen molar-refractivity contribution in [1.29, 1.82) is 0 Å². The summed E-state index contributed by atoms with van der Waals surface area (Å²) < 4.78 is 0. The van der Waals surface area contributed by atoms with Crippen molar-refractivity contribution in [1.82, 2.24) is 10.6 Å². The number of thioether (sulfide) groups is 1. The summed E-state index contributed by atoms with van der Waals surface area (Å²) in [5.74, 6) is 0.278. The van der Waals surface area contributed by atoms with Gasteiger partial charge in [0.2, 0.25) is 0 Å². The van der Waals surface area contributed by atoms with Crippen LogP contribution < -0.4 is 10.6 Å². The molecule has 6 heteroatoms. The minimum absolute atomic E-state index is 0.0709. The van der Waals surface area contributed by atoms with Gasteiger partial charge in [0.15, 0.2) is 0 Å². The number of nitrogens with one attached hydrogen (secondary N) is 2. The number of hydrogen-bond donors (Lipinski definition) is 3. The summed E-state index contributed by atoms with van der Waals surface area (Å²) >= 11 is 1.87. The van der Waals surface area contributed by atoms with Crippen LogP contribution in [0.2, 0.25) is 0 Å². The first-order valence-corrected chi connectivity index (χ1v) is 7.48. The van der Waals surface area contributed by atoms with E-state index in [1.54, 1.807) is 6.92 Å². The van der Waals surface area contributed by atoms with Crippen molar-refractivity contribution in [3.8, 4) is 0 Å². The number of hydrogen-bond acceptors (Lipinski definition) is 3. The molecule has 1 saturated carbocycles. The van der Waals surface area contributed by atoms with Crippen LogP contribution in [0.4, 0.5) is 4.79 Å². The summed E-state index contributed by atoms with van der Waals surface area (Å²) in [5.41, 5.74) is -1.12. The highest BCUT2D eigenvalue weighted by Gasteiger charge is 2.48. The van der Waals surface area contributed by atoms with E-state index in [0.717, 1.165) is 25.0 Å². The minimum atomic E-state index is -1.12. The summed E-state index contributed by atoms with van der Waals surface area (Å²) in [6.07, 6.45) is 4.08. The third-order valence-corrected chi connectivity index (χ3v) is 5.12. The summed E-state index contributed by atoms with van der Waals surface area (Å²) in [4.78, 5) is 23.0. The van der Waals surface area contributed by atoms with Gasteiger partial charge in [0, 0.05) is 11.8 Å². The van der Waals surface area contributed by atoms with Gasteiger partial charge in [0.1, 0.15) is 5.54 Å². The van der Waals surface area contributed by atoms with Crippen molar-refractivity contribution < 1.29 is 14.7 Å². The molecule has 1 heterocycles. The number of urea groups is 1. The number of carboxylic acids is 1. The summed E-state index contributed by atoms with van der Waals surface area (Å²) in [5, 5.41) is 15.1. The molecule has 3 N–H and O–H groups in total. The Balaban J connectivity index is 1.79. The van der Waals surface area contributed by atoms with Crippen molar-refractivity contribution in [2.24, 2.45) is 5.92 Å². The highest BCUT2D eigenvalue weighted by atomic mass is 32.2. The van der Waals surface area contributed by atoms with E-state index in [4.69, 9.17) is 0 Å². The lowest BCUT2D eigenvalue weighted by molar-refractivity contribution is -0.144. The number of aliphatic carboxylic acids is 1. The molecule has 1 aliphatic heterocycles. The number of carboxylic acid groups (broad SMARTS) is 1. The van der Waals surface area contributed by atoms with E-state index < -0.39 is 11.5 Å². The number of carbonyl (C=O) groups is 2. The van der Waals surface area contributed by atoms with Crippen LogP contribution in [0.5, 0.6) is 0 Å². The zero-order valence-corrected chi connectivity index (χ0v) is 11.4. The largest absolute Gasteiger partial charge is 0.480 e. The molecule has 0 bridgehead atoms. The molecule has 2 rings (SSSR count). The Morgan fingerprint density at radius 2 is 2.11 bits per heavy atom. The Labute approximate surface area is 111 Å². The summed E-state index contributed by atoms with van der Waals surface area (Å²) in [7, 11) is 0. The fourth-order valence-corrected chi connectivity index (χ4v) is 3.48. The fraction of sp³-hybridized carbons (Fsp3) is 0.833. The lowest BCUT2D eigenvalue weighted by atomic mass is 9.96. The highest BCUT2D eigenvalue weighted by Crippen LogP contribution is 2.39. The molecule has 2 fully saturated rings. The maximum atomic E-state index is 11.8. The second kappa shape index (κ2) is 5.38. The molecule has 2 atom stereocenters. The Morgan fingerprint density at radius 3 is 2.61 bits per heavy atom. The van der Waals surface area contributed by atoms with Crippen LogP contribution in [-0.4, -0.2) is 40.2 Å². The second-order valence-corrected chi connectivity index (χ2v) is 6.66. The van der Waals surface area contributed by atoms with Crippen molar-refractivity contribution in [2.45, 2.75) is 43.4 Å². The second-order valence-electron chi connectivity index (χ2n) is 5.25. The van der Waals surface area contributed by atoms with Crippen LogP contribution in [0, 0.1) is 5.92 Å². The topological polar surface area (TPSA) is 78.4 Å². The first-order chi connectivity index (χ1) is 8.52. The molecular weight excluding hydrogens is 252 g/mol. The van der Waals surface area contributed by atoms with E-state index >= 15 is 0 Å². The first kappa shape index (κ1) is 13.5. The van der Waals surface area contributed by atoms with Crippen LogP contribution in [0.15, 0.2) is 0 Å². The van der Waals surface area contributed by atoms with Crippen LogP contribution in [0.3, 0.4) is 0 Å². The molecule has 2 aliphatic rings. The molecule has 1 saturated heterocycles. The van der Waals surface area contributed by atoms with E-state index in [-0.39, 0.29) is 11.9 Å². The Morgan fingerprint density at radius 1 is 1.39 bits per heavy atom. The predicted octanol–water partition coefficient (Wildman–Crippen LogP) is 1.43. The van der Waals surface area contributed by atoms with Crippen molar-refractivity contribution >= 4 is 23.8 Å². The zero-order chi connectivity index (χ0) is 13.2. The molecule has 2 amide bonds. The predicted molar refractivity (Wildman–Crippen MR) is 70.8 cm³/mol. The van der Waals surface area contributed by atoms with E-state index in [1.165, 1.54) is 6.42 Å². The number of carbonyl (C=O) groups excluding carboxylic acids is 1. The van der Waals surface area contributed by atoms with E-state index in [0.29, 0.717) is 11.8 Å². The van der Waals surface area contributed by atoms with Crippen LogP contribution in [-0.2, 0) is 4.79 Å². The fourth-order valence-electron chi connectivity index (χ4n) is 2.28. The zero-order valence-electron chi connectivity index (χ0n) is 10.6. The Hall–Kier alpha value is -0.910. The van der Waals surface area contributed by atoms with Gasteiger partial charge in [-0.25, -0.2) is 9.59 Å². The van der Waals surface area contributed by atoms with E-state index in [9.17, 15) is 14.7 Å². The normalized spacial score (nSPS) is 26.4. The van der Waals surface area contributed by atoms with Crippen LogP contribution in [0.25, 0.3) is 0 Å². The third-order valence-electron chi connectivity index (χ3n) is 3.73. The van der Waals surface area contributed by atoms with Gasteiger partial charge in [0.05, 0.1) is 0 Å². The SMILES string of the molecule is CC(NC(=O)NCC1CCCS1)(C(=O)O)C1CC1. The van der Waals surface area contributed by atoms with Crippen molar-refractivity contribution in [3.05, 3.63) is 0 Å². The Kier molecular flexibility index (Phi) is 4.04. The summed E-state index contributed by atoms with van der Waals surface area (Å²) in [6, 6.07) is -0.362. The minimum Gasteiger partial charge on any atom is -0.480 e. The van der Waals surface area contributed by atoms with Gasteiger partial charge in [-0.2, -0.15) is 11.8 Å². The first-order valence-electron chi connectivity index (χ1n) is 6.43. The molecule has 1 aliphatic carbocycles. The lowest BCUT2D eigenvalue weighted by Crippen LogP contribution is -2.57. The number of amides is 2. The molecule has 0 aromatic rings. The van der Waals surface area contributed by atoms with Crippen molar-refractivity contribution in [3.63, 3.8) is 0 Å². The van der Waals surface area contributed by atoms with Gasteiger partial charge in [0.25, 0.3) is 0 Å². The molecule has 2 unspecified atom stereocenters. The molecule has 102 valence electrons. The van der Waals surface area contributed by atoms with Gasteiger partial charge in [-0.15, -0.1) is 0 Å². The van der Waals surface area contributed by atoms with Gasteiger partial charge >= 0.3 is 12.0 Å². The molecular formula is C12H20N2O3S. The van der Waals surface area contributed by atoms with Crippen LogP contribution in [0.1, 0.15) is 32.6 Å². The molecule has 0 aromatic heterocycles. The van der Waals surface area contributed by atoms with E-state index in [2.05, 4.69) is 10.6 Å². The molecule has 0 aromatic carbocycles. The third kappa shape index (κ3) is 3.10. The maximum Gasteiger partial charge on any atom is 0.329 e. The smallest absolute Gasteiger partial charge is 0.329 e. The standard InChI is InChI=1S/C12H20N2O3S/c1-12(10(15)16,8-4-5-8)14-11(17)13-7-9-3-2-6-18-9/h8-9H,2-7H2,1H3,(H,15,16)(H2,13,14,17). The quantitative estimate of drug-likeness (QED) is 0.707. The molecule has 0 radical (unpaired) electrons. The summed E-state index contributed by atoms with van der Waals surface area (Å²) in [6.45, 7) is 2.22. The number of rotatable bonds is 5. The average Bonchev–Trinajstić information content (AvgIpc) is 3.04. The van der Waals surface area contributed by atoms with Crippen molar-refractivity contribution in [2.75, 3.05) is 12.3 Å². The lowest BCUT2D eigenvalue weighted by Gasteiger charge is -2.26. The van der Waals surface area contributed by atoms with Gasteiger partial charge < -0.3 is 15.7 Å². The van der Waals surface area contributed by atoms with Crippen LogP contribution >= 0.6 is 11.8 Å².